The Balaban J connectivity index is 1.38. The van der Waals surface area contributed by atoms with E-state index in [9.17, 15) is 9.59 Å². The Morgan fingerprint density at radius 3 is 2.53 bits per heavy atom. The molecule has 0 atom stereocenters. The van der Waals surface area contributed by atoms with Crippen LogP contribution in [0.25, 0.3) is 0 Å². The molecular formula is C26H31NO5. The molecule has 0 bridgehead atoms. The first-order valence-electron chi connectivity index (χ1n) is 11.1. The van der Waals surface area contributed by atoms with E-state index in [2.05, 4.69) is 20.8 Å². The third kappa shape index (κ3) is 4.45. The third-order valence-corrected chi connectivity index (χ3v) is 6.37. The summed E-state index contributed by atoms with van der Waals surface area (Å²) >= 11 is 0. The summed E-state index contributed by atoms with van der Waals surface area (Å²) in [6.45, 7) is 7.38. The van der Waals surface area contributed by atoms with Crippen LogP contribution in [0, 0.1) is 0 Å². The van der Waals surface area contributed by atoms with E-state index in [4.69, 9.17) is 14.2 Å². The summed E-state index contributed by atoms with van der Waals surface area (Å²) in [5, 5.41) is 0. The lowest BCUT2D eigenvalue weighted by Gasteiger charge is -2.43. The van der Waals surface area contributed by atoms with Crippen molar-refractivity contribution in [2.45, 2.75) is 51.0 Å². The van der Waals surface area contributed by atoms with Gasteiger partial charge >= 0.3 is 0 Å². The maximum absolute atomic E-state index is 12.9. The van der Waals surface area contributed by atoms with Gasteiger partial charge in [-0.25, -0.2) is 0 Å². The number of amides is 1. The number of ether oxygens (including phenoxy) is 3. The van der Waals surface area contributed by atoms with Crippen molar-refractivity contribution in [3.05, 3.63) is 53.6 Å². The Hall–Kier alpha value is -3.02. The van der Waals surface area contributed by atoms with Gasteiger partial charge in [0.25, 0.3) is 5.91 Å². The number of hydrogen-bond acceptors (Lipinski definition) is 5. The number of piperidine rings is 1. The van der Waals surface area contributed by atoms with Crippen molar-refractivity contribution in [2.24, 2.45) is 0 Å². The van der Waals surface area contributed by atoms with Crippen LogP contribution in [0.15, 0.2) is 42.5 Å². The second-order valence-corrected chi connectivity index (χ2v) is 9.66. The van der Waals surface area contributed by atoms with Gasteiger partial charge in [0.05, 0.1) is 19.1 Å². The largest absolute Gasteiger partial charge is 0.497 e. The number of rotatable bonds is 4. The van der Waals surface area contributed by atoms with E-state index in [1.54, 1.807) is 12.0 Å². The highest BCUT2D eigenvalue weighted by Gasteiger charge is 2.43. The van der Waals surface area contributed by atoms with Gasteiger partial charge in [0, 0.05) is 31.5 Å². The van der Waals surface area contributed by atoms with Gasteiger partial charge in [-0.15, -0.1) is 0 Å². The first kappa shape index (κ1) is 22.2. The second-order valence-electron chi connectivity index (χ2n) is 9.66. The second kappa shape index (κ2) is 8.49. The molecule has 2 aliphatic heterocycles. The quantitative estimate of drug-likeness (QED) is 0.709. The van der Waals surface area contributed by atoms with Gasteiger partial charge < -0.3 is 19.1 Å². The van der Waals surface area contributed by atoms with E-state index >= 15 is 0 Å². The molecule has 6 heteroatoms. The van der Waals surface area contributed by atoms with Gasteiger partial charge in [-0.05, 0) is 35.7 Å². The van der Waals surface area contributed by atoms with Gasteiger partial charge in [0.15, 0.2) is 12.4 Å². The van der Waals surface area contributed by atoms with Gasteiger partial charge in [-0.3, -0.25) is 9.59 Å². The van der Waals surface area contributed by atoms with Crippen LogP contribution in [-0.4, -0.2) is 49.0 Å². The predicted molar refractivity (Wildman–Crippen MR) is 122 cm³/mol. The molecule has 32 heavy (non-hydrogen) atoms. The summed E-state index contributed by atoms with van der Waals surface area (Å²) in [6.07, 6.45) is 1.63. The molecule has 4 rings (SSSR count). The van der Waals surface area contributed by atoms with Crippen molar-refractivity contribution < 1.29 is 23.8 Å². The number of carbonyl (C=O) groups excluding carboxylic acids is 2. The molecule has 1 amide bonds. The molecule has 2 heterocycles. The fourth-order valence-corrected chi connectivity index (χ4v) is 4.46. The molecule has 1 saturated heterocycles. The van der Waals surface area contributed by atoms with Crippen molar-refractivity contribution in [2.75, 3.05) is 26.8 Å². The third-order valence-electron chi connectivity index (χ3n) is 6.37. The van der Waals surface area contributed by atoms with Crippen molar-refractivity contribution in [3.63, 3.8) is 0 Å². The molecule has 0 aliphatic carbocycles. The number of benzene rings is 2. The van der Waals surface area contributed by atoms with Crippen LogP contribution < -0.4 is 14.2 Å². The van der Waals surface area contributed by atoms with E-state index in [0.717, 1.165) is 11.3 Å². The fourth-order valence-electron chi connectivity index (χ4n) is 4.46. The lowest BCUT2D eigenvalue weighted by Crippen LogP contribution is -2.53. The molecule has 0 unspecified atom stereocenters. The molecular weight excluding hydrogens is 406 g/mol. The maximum Gasteiger partial charge on any atom is 0.260 e. The first-order chi connectivity index (χ1) is 15.2. The molecule has 0 N–H and O–H groups in total. The Kier molecular flexibility index (Phi) is 5.89. The number of nitrogens with zero attached hydrogens (tertiary/aromatic N) is 1. The van der Waals surface area contributed by atoms with Gasteiger partial charge in [0.1, 0.15) is 22.8 Å². The molecule has 0 aromatic heterocycles. The van der Waals surface area contributed by atoms with Crippen molar-refractivity contribution in [1.82, 2.24) is 4.90 Å². The number of likely N-dealkylation sites (tertiary alicyclic amines) is 1. The highest BCUT2D eigenvalue weighted by molar-refractivity contribution is 6.00. The minimum atomic E-state index is -0.515. The highest BCUT2D eigenvalue weighted by atomic mass is 16.5. The standard InChI is InChI=1S/C26H31NO5/c1-25(2,3)20-15-18(30-4)9-10-23(20)31-17-24(29)27-13-11-26(12-14-27)16-21(28)19-7-5-6-8-22(19)32-26/h5-10,15H,11-14,16-17H2,1-4H3. The molecule has 6 nitrogen and oxygen atoms in total. The van der Waals surface area contributed by atoms with Crippen LogP contribution in [0.2, 0.25) is 0 Å². The average molecular weight is 438 g/mol. The zero-order valence-electron chi connectivity index (χ0n) is 19.3. The molecule has 170 valence electrons. The summed E-state index contributed by atoms with van der Waals surface area (Å²) < 4.78 is 17.6. The Labute approximate surface area is 189 Å². The average Bonchev–Trinajstić information content (AvgIpc) is 2.77. The van der Waals surface area contributed by atoms with Crippen LogP contribution >= 0.6 is 0 Å². The van der Waals surface area contributed by atoms with E-state index in [-0.39, 0.29) is 23.7 Å². The van der Waals surface area contributed by atoms with Gasteiger partial charge in [-0.1, -0.05) is 32.9 Å². The SMILES string of the molecule is COc1ccc(OCC(=O)N2CCC3(CC2)CC(=O)c2ccccc2O3)c(C(C)(C)C)c1. The molecule has 1 spiro atoms. The smallest absolute Gasteiger partial charge is 0.260 e. The van der Waals surface area contributed by atoms with E-state index in [1.807, 2.05) is 42.5 Å². The Morgan fingerprint density at radius 2 is 1.84 bits per heavy atom. The van der Waals surface area contributed by atoms with Gasteiger partial charge in [0.2, 0.25) is 0 Å². The first-order valence-corrected chi connectivity index (χ1v) is 11.1. The number of Topliss-reactive ketones (excluding diaryl/α,β-unsaturated/α-hetero) is 1. The zero-order chi connectivity index (χ0) is 22.9. The Bertz CT molecular complexity index is 1020. The lowest BCUT2D eigenvalue weighted by molar-refractivity contribution is -0.137. The molecule has 0 saturated carbocycles. The number of ketones is 1. The predicted octanol–water partition coefficient (Wildman–Crippen LogP) is 4.40. The van der Waals surface area contributed by atoms with E-state index in [0.29, 0.717) is 49.4 Å². The normalized spacial score (nSPS) is 17.5. The van der Waals surface area contributed by atoms with Crippen molar-refractivity contribution >= 4 is 11.7 Å². The van der Waals surface area contributed by atoms with Crippen LogP contribution in [0.4, 0.5) is 0 Å². The van der Waals surface area contributed by atoms with Crippen LogP contribution in [-0.2, 0) is 10.2 Å². The number of methoxy groups -OCH3 is 1. The fraction of sp³-hybridized carbons (Fsp3) is 0.462. The number of fused-ring (bicyclic) bond motifs is 1. The van der Waals surface area contributed by atoms with Crippen LogP contribution in [0.1, 0.15) is 56.0 Å². The zero-order valence-corrected chi connectivity index (χ0v) is 19.3. The summed E-state index contributed by atoms with van der Waals surface area (Å²) in [5.41, 5.74) is 0.985. The molecule has 1 fully saturated rings. The topological polar surface area (TPSA) is 65.1 Å². The Morgan fingerprint density at radius 1 is 1.12 bits per heavy atom. The van der Waals surface area contributed by atoms with Crippen molar-refractivity contribution in [1.29, 1.82) is 0 Å². The molecule has 2 aromatic rings. The highest BCUT2D eigenvalue weighted by Crippen LogP contribution is 2.39. The summed E-state index contributed by atoms with van der Waals surface area (Å²) in [7, 11) is 1.64. The minimum absolute atomic E-state index is 0.0228. The number of carbonyl (C=O) groups is 2. The molecule has 2 aliphatic rings. The van der Waals surface area contributed by atoms with E-state index in [1.165, 1.54) is 0 Å². The summed E-state index contributed by atoms with van der Waals surface area (Å²) in [6, 6.07) is 13.1. The number of para-hydroxylation sites is 1. The molecule has 2 aromatic carbocycles. The monoisotopic (exact) mass is 437 g/mol. The molecule has 0 radical (unpaired) electrons. The summed E-state index contributed by atoms with van der Waals surface area (Å²) in [5.74, 6) is 2.17. The minimum Gasteiger partial charge on any atom is -0.497 e. The number of hydrogen-bond donors (Lipinski definition) is 0. The lowest BCUT2D eigenvalue weighted by atomic mass is 9.82. The van der Waals surface area contributed by atoms with Crippen molar-refractivity contribution in [3.8, 4) is 17.2 Å². The maximum atomic E-state index is 12.9. The van der Waals surface area contributed by atoms with E-state index < -0.39 is 5.60 Å². The summed E-state index contributed by atoms with van der Waals surface area (Å²) in [4.78, 5) is 27.3. The van der Waals surface area contributed by atoms with Crippen LogP contribution in [0.3, 0.4) is 0 Å². The van der Waals surface area contributed by atoms with Crippen LogP contribution in [0.5, 0.6) is 17.2 Å². The van der Waals surface area contributed by atoms with Gasteiger partial charge in [-0.2, -0.15) is 0 Å².